The Morgan fingerprint density at radius 1 is 1.12 bits per heavy atom. The van der Waals surface area contributed by atoms with Gasteiger partial charge in [-0.15, -0.1) is 0 Å². The van der Waals surface area contributed by atoms with E-state index in [0.717, 1.165) is 32.5 Å². The molecule has 0 aromatic rings. The summed E-state index contributed by atoms with van der Waals surface area (Å²) in [4.78, 5) is 0. The number of rotatable bonds is 2. The van der Waals surface area contributed by atoms with Crippen molar-refractivity contribution in [3.63, 3.8) is 0 Å². The fourth-order valence-corrected chi connectivity index (χ4v) is 5.09. The van der Waals surface area contributed by atoms with Gasteiger partial charge < -0.3 is 5.32 Å². The van der Waals surface area contributed by atoms with E-state index in [1.807, 2.05) is 0 Å². The predicted molar refractivity (Wildman–Crippen MR) is 61.2 cm³/mol. The molecule has 0 aromatic carbocycles. The molecule has 1 N–H and O–H groups in total. The SMILES string of the molecule is O=S(=O)(N1CCNCC1)N1CC2CCC1C2. The van der Waals surface area contributed by atoms with Crippen molar-refractivity contribution in [2.75, 3.05) is 32.7 Å². The van der Waals surface area contributed by atoms with Crippen molar-refractivity contribution in [1.29, 1.82) is 0 Å². The zero-order valence-electron chi connectivity index (χ0n) is 9.43. The van der Waals surface area contributed by atoms with Crippen molar-refractivity contribution in [3.8, 4) is 0 Å². The molecule has 2 heterocycles. The van der Waals surface area contributed by atoms with Gasteiger partial charge in [-0.05, 0) is 25.2 Å². The van der Waals surface area contributed by atoms with Crippen molar-refractivity contribution in [2.45, 2.75) is 25.3 Å². The van der Waals surface area contributed by atoms with E-state index >= 15 is 0 Å². The summed E-state index contributed by atoms with van der Waals surface area (Å²) in [5.41, 5.74) is 0. The number of hydrogen-bond donors (Lipinski definition) is 1. The first kappa shape index (κ1) is 11.0. The van der Waals surface area contributed by atoms with Crippen LogP contribution in [-0.2, 0) is 10.2 Å². The van der Waals surface area contributed by atoms with Gasteiger partial charge in [0.2, 0.25) is 0 Å². The Labute approximate surface area is 97.0 Å². The van der Waals surface area contributed by atoms with Crippen LogP contribution in [0.2, 0.25) is 0 Å². The number of nitrogens with one attached hydrogen (secondary N) is 1. The first-order valence-corrected chi connectivity index (χ1v) is 7.55. The van der Waals surface area contributed by atoms with Crippen molar-refractivity contribution in [2.24, 2.45) is 5.92 Å². The Bertz CT molecular complexity index is 364. The van der Waals surface area contributed by atoms with Crippen LogP contribution in [-0.4, -0.2) is 55.8 Å². The molecule has 0 spiro atoms. The zero-order chi connectivity index (χ0) is 11.2. The van der Waals surface area contributed by atoms with Crippen LogP contribution >= 0.6 is 0 Å². The summed E-state index contributed by atoms with van der Waals surface area (Å²) in [6.07, 6.45) is 3.37. The fraction of sp³-hybridized carbons (Fsp3) is 1.00. The molecule has 2 bridgehead atoms. The highest BCUT2D eigenvalue weighted by atomic mass is 32.2. The molecule has 1 saturated carbocycles. The Kier molecular flexibility index (Phi) is 2.70. The number of fused-ring (bicyclic) bond motifs is 2. The van der Waals surface area contributed by atoms with Crippen LogP contribution in [0.4, 0.5) is 0 Å². The van der Waals surface area contributed by atoms with Gasteiger partial charge in [0.1, 0.15) is 0 Å². The zero-order valence-corrected chi connectivity index (χ0v) is 10.2. The minimum atomic E-state index is -3.17. The monoisotopic (exact) mass is 245 g/mol. The van der Waals surface area contributed by atoms with Crippen molar-refractivity contribution >= 4 is 10.2 Å². The lowest BCUT2D eigenvalue weighted by molar-refractivity contribution is 0.279. The molecule has 0 amide bonds. The quantitative estimate of drug-likeness (QED) is 0.721. The third kappa shape index (κ3) is 1.68. The Balaban J connectivity index is 1.77. The molecule has 2 aliphatic heterocycles. The highest BCUT2D eigenvalue weighted by molar-refractivity contribution is 7.86. The summed E-state index contributed by atoms with van der Waals surface area (Å²) in [7, 11) is -3.17. The molecule has 3 fully saturated rings. The lowest BCUT2D eigenvalue weighted by Gasteiger charge is -2.34. The van der Waals surface area contributed by atoms with Gasteiger partial charge in [-0.3, -0.25) is 0 Å². The topological polar surface area (TPSA) is 52.7 Å². The highest BCUT2D eigenvalue weighted by Crippen LogP contribution is 2.39. The van der Waals surface area contributed by atoms with Crippen molar-refractivity contribution in [1.82, 2.24) is 13.9 Å². The number of nitrogens with zero attached hydrogens (tertiary/aromatic N) is 2. The second-order valence-electron chi connectivity index (χ2n) is 5.06. The molecule has 0 radical (unpaired) electrons. The van der Waals surface area contributed by atoms with Gasteiger partial charge in [0.15, 0.2) is 0 Å². The minimum Gasteiger partial charge on any atom is -0.314 e. The Morgan fingerprint density at radius 2 is 1.88 bits per heavy atom. The lowest BCUT2D eigenvalue weighted by atomic mass is 10.1. The molecule has 3 aliphatic rings. The Hall–Kier alpha value is -0.170. The van der Waals surface area contributed by atoms with Crippen LogP contribution in [0, 0.1) is 5.92 Å². The summed E-state index contributed by atoms with van der Waals surface area (Å²) < 4.78 is 28.2. The summed E-state index contributed by atoms with van der Waals surface area (Å²) in [6, 6.07) is 0.296. The molecule has 2 saturated heterocycles. The van der Waals surface area contributed by atoms with Gasteiger partial charge in [0.25, 0.3) is 10.2 Å². The van der Waals surface area contributed by atoms with Crippen molar-refractivity contribution < 1.29 is 8.42 Å². The van der Waals surface area contributed by atoms with E-state index in [9.17, 15) is 8.42 Å². The predicted octanol–water partition coefficient (Wildman–Crippen LogP) is -0.379. The standard InChI is InChI=1S/C10H19N3O2S/c14-16(15,12-5-3-11-4-6-12)13-8-9-1-2-10(13)7-9/h9-11H,1-8H2. The van der Waals surface area contributed by atoms with Crippen LogP contribution in [0.3, 0.4) is 0 Å². The average molecular weight is 245 g/mol. The molecule has 6 heteroatoms. The maximum absolute atomic E-state index is 12.4. The van der Waals surface area contributed by atoms with Crippen LogP contribution in [0.5, 0.6) is 0 Å². The van der Waals surface area contributed by atoms with Crippen LogP contribution < -0.4 is 5.32 Å². The van der Waals surface area contributed by atoms with Gasteiger partial charge in [-0.1, -0.05) is 0 Å². The molecule has 16 heavy (non-hydrogen) atoms. The molecule has 0 aromatic heterocycles. The average Bonchev–Trinajstić information content (AvgIpc) is 2.92. The van der Waals surface area contributed by atoms with E-state index in [0.29, 0.717) is 25.0 Å². The van der Waals surface area contributed by atoms with Gasteiger partial charge >= 0.3 is 0 Å². The Morgan fingerprint density at radius 3 is 2.44 bits per heavy atom. The first-order chi connectivity index (χ1) is 7.68. The van der Waals surface area contributed by atoms with Gasteiger partial charge in [-0.2, -0.15) is 17.0 Å². The van der Waals surface area contributed by atoms with E-state index in [4.69, 9.17) is 0 Å². The molecule has 2 unspecified atom stereocenters. The summed E-state index contributed by atoms with van der Waals surface area (Å²) in [5.74, 6) is 0.627. The van der Waals surface area contributed by atoms with E-state index < -0.39 is 10.2 Å². The summed E-state index contributed by atoms with van der Waals surface area (Å²) >= 11 is 0. The molecule has 5 nitrogen and oxygen atoms in total. The van der Waals surface area contributed by atoms with E-state index in [2.05, 4.69) is 5.32 Å². The largest absolute Gasteiger partial charge is 0.314 e. The number of hydrogen-bond acceptors (Lipinski definition) is 3. The van der Waals surface area contributed by atoms with Crippen LogP contribution in [0.25, 0.3) is 0 Å². The molecule has 2 atom stereocenters. The summed E-state index contributed by atoms with van der Waals surface area (Å²) in [5, 5.41) is 3.19. The number of piperidine rings is 1. The fourth-order valence-electron chi connectivity index (χ4n) is 3.19. The normalized spacial score (nSPS) is 37.0. The smallest absolute Gasteiger partial charge is 0.282 e. The minimum absolute atomic E-state index is 0.296. The molecule has 92 valence electrons. The maximum Gasteiger partial charge on any atom is 0.282 e. The molecular formula is C10H19N3O2S. The second-order valence-corrected chi connectivity index (χ2v) is 6.94. The maximum atomic E-state index is 12.4. The van der Waals surface area contributed by atoms with E-state index in [-0.39, 0.29) is 0 Å². The van der Waals surface area contributed by atoms with Gasteiger partial charge in [0, 0.05) is 38.8 Å². The molecular weight excluding hydrogens is 226 g/mol. The number of piperazine rings is 1. The van der Waals surface area contributed by atoms with Crippen LogP contribution in [0.1, 0.15) is 19.3 Å². The van der Waals surface area contributed by atoms with E-state index in [1.165, 1.54) is 6.42 Å². The third-order valence-electron chi connectivity index (χ3n) is 4.06. The van der Waals surface area contributed by atoms with Gasteiger partial charge in [-0.25, -0.2) is 0 Å². The van der Waals surface area contributed by atoms with Crippen molar-refractivity contribution in [3.05, 3.63) is 0 Å². The highest BCUT2D eigenvalue weighted by Gasteiger charge is 2.45. The first-order valence-electron chi connectivity index (χ1n) is 6.15. The van der Waals surface area contributed by atoms with E-state index in [1.54, 1.807) is 8.61 Å². The van der Waals surface area contributed by atoms with Crippen LogP contribution in [0.15, 0.2) is 0 Å². The lowest BCUT2D eigenvalue weighted by Crippen LogP contribution is -2.53. The van der Waals surface area contributed by atoms with Gasteiger partial charge in [0.05, 0.1) is 0 Å². The second kappa shape index (κ2) is 3.94. The third-order valence-corrected chi connectivity index (χ3v) is 6.12. The molecule has 3 rings (SSSR count). The summed E-state index contributed by atoms with van der Waals surface area (Å²) in [6.45, 7) is 3.56. The molecule has 1 aliphatic carbocycles.